The highest BCUT2D eigenvalue weighted by molar-refractivity contribution is 5.77. The van der Waals surface area contributed by atoms with Crippen molar-refractivity contribution in [2.24, 2.45) is 5.41 Å². The first-order valence-corrected chi connectivity index (χ1v) is 5.22. The lowest BCUT2D eigenvalue weighted by atomic mass is 9.92. The maximum Gasteiger partial charge on any atom is 0.227 e. The summed E-state index contributed by atoms with van der Waals surface area (Å²) in [6.45, 7) is 7.20. The normalized spacial score (nSPS) is 11.4. The lowest BCUT2D eigenvalue weighted by molar-refractivity contribution is -0.120. The highest BCUT2D eigenvalue weighted by Crippen LogP contribution is 2.16. The number of amides is 1. The van der Waals surface area contributed by atoms with Crippen LogP contribution < -0.4 is 5.32 Å². The molecule has 0 saturated carbocycles. The minimum absolute atomic E-state index is 0.0224. The van der Waals surface area contributed by atoms with Crippen molar-refractivity contribution in [3.8, 4) is 0 Å². The molecule has 4 nitrogen and oxygen atoms in total. The summed E-state index contributed by atoms with van der Waals surface area (Å²) in [5.74, 6) is 0.734. The van der Waals surface area contributed by atoms with Crippen LogP contribution in [0.2, 0.25) is 0 Å². The molecule has 1 heterocycles. The van der Waals surface area contributed by atoms with Crippen molar-refractivity contribution < 1.29 is 4.79 Å². The molecule has 0 radical (unpaired) electrons. The molecule has 0 aliphatic rings. The molecule has 0 spiro atoms. The number of aromatic nitrogens is 2. The second kappa shape index (κ2) is 4.96. The van der Waals surface area contributed by atoms with Crippen LogP contribution in [0.25, 0.3) is 0 Å². The van der Waals surface area contributed by atoms with Gasteiger partial charge in [-0.15, -0.1) is 0 Å². The van der Waals surface area contributed by atoms with Gasteiger partial charge in [0, 0.05) is 18.9 Å². The van der Waals surface area contributed by atoms with Gasteiger partial charge in [0.25, 0.3) is 0 Å². The van der Waals surface area contributed by atoms with E-state index in [9.17, 15) is 4.79 Å². The molecule has 1 rings (SSSR count). The summed E-state index contributed by atoms with van der Waals surface area (Å²) >= 11 is 0. The molecule has 0 aliphatic heterocycles. The van der Waals surface area contributed by atoms with Gasteiger partial charge < -0.3 is 10.3 Å². The largest absolute Gasteiger partial charge is 0.356 e. The molecule has 4 heteroatoms. The molecule has 0 aromatic carbocycles. The van der Waals surface area contributed by atoms with Gasteiger partial charge in [-0.2, -0.15) is 0 Å². The number of carbonyl (C=O) groups is 1. The number of nitrogens with zero attached hydrogens (tertiary/aromatic N) is 1. The molecule has 1 aromatic heterocycles. The zero-order valence-corrected chi connectivity index (χ0v) is 9.63. The molecule has 1 amide bonds. The van der Waals surface area contributed by atoms with Crippen LogP contribution in [-0.2, 0) is 11.2 Å². The minimum atomic E-state index is 0.0224. The zero-order chi connectivity index (χ0) is 11.3. The van der Waals surface area contributed by atoms with Crippen LogP contribution in [0.3, 0.4) is 0 Å². The summed E-state index contributed by atoms with van der Waals surface area (Å²) in [7, 11) is 0. The monoisotopic (exact) mass is 209 g/mol. The molecular formula is C11H19N3O. The maximum absolute atomic E-state index is 11.4. The number of nitrogens with one attached hydrogen (secondary N) is 2. The van der Waals surface area contributed by atoms with E-state index >= 15 is 0 Å². The molecule has 0 saturated heterocycles. The van der Waals surface area contributed by atoms with Gasteiger partial charge in [-0.05, 0) is 11.8 Å². The van der Waals surface area contributed by atoms with Crippen LogP contribution in [0.4, 0.5) is 0 Å². The van der Waals surface area contributed by atoms with E-state index in [2.05, 4.69) is 36.1 Å². The number of hydrogen-bond acceptors (Lipinski definition) is 2. The molecular weight excluding hydrogens is 190 g/mol. The lowest BCUT2D eigenvalue weighted by Crippen LogP contribution is -2.28. The van der Waals surface area contributed by atoms with Crippen LogP contribution in [0.15, 0.2) is 12.4 Å². The highest BCUT2D eigenvalue weighted by Gasteiger charge is 2.10. The third-order valence-electron chi connectivity index (χ3n) is 2.08. The molecule has 84 valence electrons. The third-order valence-corrected chi connectivity index (χ3v) is 2.08. The van der Waals surface area contributed by atoms with Gasteiger partial charge >= 0.3 is 0 Å². The van der Waals surface area contributed by atoms with Gasteiger partial charge in [-0.1, -0.05) is 20.8 Å². The van der Waals surface area contributed by atoms with Crippen LogP contribution >= 0.6 is 0 Å². The van der Waals surface area contributed by atoms with E-state index in [1.54, 1.807) is 12.4 Å². The molecule has 0 unspecified atom stereocenters. The molecule has 15 heavy (non-hydrogen) atoms. The van der Waals surface area contributed by atoms with E-state index in [4.69, 9.17) is 0 Å². The first-order chi connectivity index (χ1) is 6.97. The van der Waals surface area contributed by atoms with Crippen LogP contribution in [0, 0.1) is 5.41 Å². The van der Waals surface area contributed by atoms with Gasteiger partial charge in [0.15, 0.2) is 0 Å². The zero-order valence-electron chi connectivity index (χ0n) is 9.63. The Hall–Kier alpha value is -1.32. The second-order valence-corrected chi connectivity index (χ2v) is 4.87. The van der Waals surface area contributed by atoms with Crippen molar-refractivity contribution in [3.05, 3.63) is 18.2 Å². The van der Waals surface area contributed by atoms with Crippen LogP contribution in [-0.4, -0.2) is 22.4 Å². The number of rotatable bonds is 4. The van der Waals surface area contributed by atoms with Crippen molar-refractivity contribution in [2.45, 2.75) is 33.6 Å². The Morgan fingerprint density at radius 2 is 2.27 bits per heavy atom. The van der Waals surface area contributed by atoms with Crippen molar-refractivity contribution in [1.29, 1.82) is 0 Å². The fourth-order valence-corrected chi connectivity index (χ4v) is 1.19. The average molecular weight is 209 g/mol. The van der Waals surface area contributed by atoms with E-state index in [0.29, 0.717) is 12.2 Å². The minimum Gasteiger partial charge on any atom is -0.356 e. The fourth-order valence-electron chi connectivity index (χ4n) is 1.19. The second-order valence-electron chi connectivity index (χ2n) is 4.87. The summed E-state index contributed by atoms with van der Waals surface area (Å²) in [5.41, 5.74) is 0.262. The first-order valence-electron chi connectivity index (χ1n) is 5.22. The van der Waals surface area contributed by atoms with Crippen molar-refractivity contribution in [3.63, 3.8) is 0 Å². The molecule has 0 bridgehead atoms. The lowest BCUT2D eigenvalue weighted by Gasteiger charge is -2.17. The summed E-state index contributed by atoms with van der Waals surface area (Å²) in [4.78, 5) is 18.3. The topological polar surface area (TPSA) is 57.8 Å². The first kappa shape index (κ1) is 11.8. The molecule has 1 aromatic rings. The number of aromatic amines is 1. The van der Waals surface area contributed by atoms with Crippen molar-refractivity contribution in [2.75, 3.05) is 6.54 Å². The molecule has 0 atom stereocenters. The van der Waals surface area contributed by atoms with Crippen LogP contribution in [0.1, 0.15) is 33.0 Å². The van der Waals surface area contributed by atoms with Crippen LogP contribution in [0.5, 0.6) is 0 Å². The average Bonchev–Trinajstić information content (AvgIpc) is 2.54. The Bertz CT molecular complexity index is 298. The quantitative estimate of drug-likeness (QED) is 0.789. The Morgan fingerprint density at radius 1 is 1.53 bits per heavy atom. The predicted octanol–water partition coefficient (Wildman–Crippen LogP) is 1.50. The number of hydrogen-bond donors (Lipinski definition) is 2. The van der Waals surface area contributed by atoms with Gasteiger partial charge in [-0.3, -0.25) is 4.79 Å². The van der Waals surface area contributed by atoms with Crippen molar-refractivity contribution >= 4 is 5.91 Å². The predicted molar refractivity (Wildman–Crippen MR) is 59.4 cm³/mol. The van der Waals surface area contributed by atoms with Gasteiger partial charge in [0.2, 0.25) is 5.91 Å². The van der Waals surface area contributed by atoms with Gasteiger partial charge in [0.1, 0.15) is 5.82 Å². The van der Waals surface area contributed by atoms with E-state index in [1.165, 1.54) is 0 Å². The summed E-state index contributed by atoms with van der Waals surface area (Å²) in [6, 6.07) is 0. The van der Waals surface area contributed by atoms with E-state index in [0.717, 1.165) is 13.0 Å². The van der Waals surface area contributed by atoms with Gasteiger partial charge in [0.05, 0.1) is 6.42 Å². The summed E-state index contributed by atoms with van der Waals surface area (Å²) < 4.78 is 0. The number of imidazole rings is 1. The number of carbonyl (C=O) groups excluding carboxylic acids is 1. The number of H-pyrrole nitrogens is 1. The maximum atomic E-state index is 11.4. The summed E-state index contributed by atoms with van der Waals surface area (Å²) in [6.07, 6.45) is 4.68. The Kier molecular flexibility index (Phi) is 3.88. The van der Waals surface area contributed by atoms with E-state index in [1.807, 2.05) is 0 Å². The van der Waals surface area contributed by atoms with Gasteiger partial charge in [-0.25, -0.2) is 4.98 Å². The Balaban J connectivity index is 2.20. The Morgan fingerprint density at radius 3 is 2.80 bits per heavy atom. The van der Waals surface area contributed by atoms with E-state index < -0.39 is 0 Å². The summed E-state index contributed by atoms with van der Waals surface area (Å²) in [5, 5.41) is 2.88. The highest BCUT2D eigenvalue weighted by atomic mass is 16.1. The third kappa shape index (κ3) is 5.20. The fraction of sp³-hybridized carbons (Fsp3) is 0.636. The SMILES string of the molecule is CC(C)(C)CCNC(=O)Cc1ncc[nH]1. The standard InChI is InChI=1S/C11H19N3O/c1-11(2,3)4-5-14-10(15)8-9-12-6-7-13-9/h6-7H,4-5,8H2,1-3H3,(H,12,13)(H,14,15). The molecule has 0 aliphatic carbocycles. The van der Waals surface area contributed by atoms with E-state index in [-0.39, 0.29) is 11.3 Å². The Labute approximate surface area is 90.5 Å². The van der Waals surface area contributed by atoms with Crippen molar-refractivity contribution in [1.82, 2.24) is 15.3 Å². The molecule has 2 N–H and O–H groups in total. The smallest absolute Gasteiger partial charge is 0.227 e. The molecule has 0 fully saturated rings.